The Morgan fingerprint density at radius 1 is 1.16 bits per heavy atom. The van der Waals surface area contributed by atoms with Gasteiger partial charge in [0, 0.05) is 13.7 Å². The number of benzene rings is 1. The first kappa shape index (κ1) is 16.2. The van der Waals surface area contributed by atoms with Crippen LogP contribution in [0.15, 0.2) is 30.3 Å². The standard InChI is InChI=1S/C16H27NO2/c1-4-13(5-2)16(18)11-17-15(12-19-3)14-9-7-6-8-10-14/h6-10,13,15-18H,4-5,11-12H2,1-3H3. The molecule has 2 unspecified atom stereocenters. The quantitative estimate of drug-likeness (QED) is 0.721. The molecular formula is C16H27NO2. The van der Waals surface area contributed by atoms with Crippen LogP contribution in [0.5, 0.6) is 0 Å². The van der Waals surface area contributed by atoms with Gasteiger partial charge in [-0.05, 0) is 11.5 Å². The molecule has 0 aliphatic rings. The van der Waals surface area contributed by atoms with Gasteiger partial charge in [0.15, 0.2) is 0 Å². The summed E-state index contributed by atoms with van der Waals surface area (Å²) in [6, 6.07) is 10.4. The molecule has 0 saturated heterocycles. The molecule has 3 nitrogen and oxygen atoms in total. The largest absolute Gasteiger partial charge is 0.392 e. The summed E-state index contributed by atoms with van der Waals surface area (Å²) >= 11 is 0. The van der Waals surface area contributed by atoms with Crippen LogP contribution in [0.3, 0.4) is 0 Å². The lowest BCUT2D eigenvalue weighted by molar-refractivity contribution is 0.0903. The zero-order chi connectivity index (χ0) is 14.1. The van der Waals surface area contributed by atoms with Gasteiger partial charge in [-0.1, -0.05) is 57.0 Å². The normalized spacial score (nSPS) is 14.6. The molecule has 3 heteroatoms. The van der Waals surface area contributed by atoms with E-state index in [1.54, 1.807) is 7.11 Å². The van der Waals surface area contributed by atoms with Crippen molar-refractivity contribution in [3.63, 3.8) is 0 Å². The molecule has 1 rings (SSSR count). The maximum atomic E-state index is 10.2. The molecule has 0 radical (unpaired) electrons. The summed E-state index contributed by atoms with van der Waals surface area (Å²) in [5.74, 6) is 0.367. The second kappa shape index (κ2) is 9.08. The van der Waals surface area contributed by atoms with Gasteiger partial charge in [-0.25, -0.2) is 0 Å². The molecule has 0 heterocycles. The molecule has 2 atom stereocenters. The van der Waals surface area contributed by atoms with E-state index in [-0.39, 0.29) is 12.1 Å². The van der Waals surface area contributed by atoms with Gasteiger partial charge in [0.05, 0.1) is 18.8 Å². The van der Waals surface area contributed by atoms with Crippen molar-refractivity contribution in [3.05, 3.63) is 35.9 Å². The van der Waals surface area contributed by atoms with E-state index < -0.39 is 0 Å². The first-order valence-corrected chi connectivity index (χ1v) is 7.18. The van der Waals surface area contributed by atoms with E-state index in [1.807, 2.05) is 18.2 Å². The predicted molar refractivity (Wildman–Crippen MR) is 79.1 cm³/mol. The highest BCUT2D eigenvalue weighted by Gasteiger charge is 2.18. The first-order chi connectivity index (χ1) is 9.22. The van der Waals surface area contributed by atoms with Crippen LogP contribution in [-0.4, -0.2) is 31.5 Å². The van der Waals surface area contributed by atoms with E-state index in [0.29, 0.717) is 19.1 Å². The highest BCUT2D eigenvalue weighted by Crippen LogP contribution is 2.16. The molecule has 0 fully saturated rings. The van der Waals surface area contributed by atoms with Gasteiger partial charge in [0.25, 0.3) is 0 Å². The molecule has 0 aliphatic heterocycles. The van der Waals surface area contributed by atoms with Crippen molar-refractivity contribution in [3.8, 4) is 0 Å². The van der Waals surface area contributed by atoms with Crippen LogP contribution in [-0.2, 0) is 4.74 Å². The molecule has 0 spiro atoms. The predicted octanol–water partition coefficient (Wildman–Crippen LogP) is 2.76. The summed E-state index contributed by atoms with van der Waals surface area (Å²) in [5.41, 5.74) is 1.20. The number of nitrogens with one attached hydrogen (secondary N) is 1. The van der Waals surface area contributed by atoms with Crippen molar-refractivity contribution in [1.82, 2.24) is 5.32 Å². The van der Waals surface area contributed by atoms with Crippen LogP contribution in [0.1, 0.15) is 38.3 Å². The second-order valence-corrected chi connectivity index (χ2v) is 4.97. The monoisotopic (exact) mass is 265 g/mol. The summed E-state index contributed by atoms with van der Waals surface area (Å²) in [6.07, 6.45) is 1.73. The Bertz CT molecular complexity index is 325. The van der Waals surface area contributed by atoms with Gasteiger partial charge in [-0.15, -0.1) is 0 Å². The Morgan fingerprint density at radius 3 is 2.32 bits per heavy atom. The van der Waals surface area contributed by atoms with E-state index in [1.165, 1.54) is 5.56 Å². The lowest BCUT2D eigenvalue weighted by Crippen LogP contribution is -2.36. The molecule has 0 aromatic heterocycles. The van der Waals surface area contributed by atoms with Crippen LogP contribution in [0.4, 0.5) is 0 Å². The molecule has 1 aromatic carbocycles. The molecular weight excluding hydrogens is 238 g/mol. The molecule has 108 valence electrons. The summed E-state index contributed by atoms with van der Waals surface area (Å²) in [5, 5.41) is 13.6. The number of hydrogen-bond acceptors (Lipinski definition) is 3. The molecule has 2 N–H and O–H groups in total. The van der Waals surface area contributed by atoms with E-state index in [2.05, 4.69) is 31.3 Å². The summed E-state index contributed by atoms with van der Waals surface area (Å²) in [6.45, 7) is 5.47. The minimum absolute atomic E-state index is 0.134. The van der Waals surface area contributed by atoms with Gasteiger partial charge in [0.1, 0.15) is 0 Å². The van der Waals surface area contributed by atoms with Crippen LogP contribution < -0.4 is 5.32 Å². The maximum Gasteiger partial charge on any atom is 0.0692 e. The van der Waals surface area contributed by atoms with Gasteiger partial charge >= 0.3 is 0 Å². The van der Waals surface area contributed by atoms with Gasteiger partial charge in [-0.3, -0.25) is 0 Å². The van der Waals surface area contributed by atoms with Gasteiger partial charge < -0.3 is 15.2 Å². The number of aliphatic hydroxyl groups is 1. The molecule has 0 saturated carbocycles. The minimum atomic E-state index is -0.293. The SMILES string of the molecule is CCC(CC)C(O)CNC(COC)c1ccccc1. The fourth-order valence-electron chi connectivity index (χ4n) is 2.39. The van der Waals surface area contributed by atoms with E-state index in [4.69, 9.17) is 4.74 Å². The fourth-order valence-corrected chi connectivity index (χ4v) is 2.39. The van der Waals surface area contributed by atoms with Crippen molar-refractivity contribution in [2.45, 2.75) is 38.8 Å². The van der Waals surface area contributed by atoms with Crippen molar-refractivity contribution in [1.29, 1.82) is 0 Å². The summed E-state index contributed by atoms with van der Waals surface area (Å²) in [4.78, 5) is 0. The Hall–Kier alpha value is -0.900. The molecule has 0 aliphatic carbocycles. The van der Waals surface area contributed by atoms with Crippen molar-refractivity contribution in [2.75, 3.05) is 20.3 Å². The van der Waals surface area contributed by atoms with Crippen molar-refractivity contribution < 1.29 is 9.84 Å². The first-order valence-electron chi connectivity index (χ1n) is 7.18. The fraction of sp³-hybridized carbons (Fsp3) is 0.625. The average molecular weight is 265 g/mol. The molecule has 0 bridgehead atoms. The topological polar surface area (TPSA) is 41.5 Å². The van der Waals surface area contributed by atoms with Crippen LogP contribution >= 0.6 is 0 Å². The Kier molecular flexibility index (Phi) is 7.72. The van der Waals surface area contributed by atoms with Crippen LogP contribution in [0.25, 0.3) is 0 Å². The maximum absolute atomic E-state index is 10.2. The van der Waals surface area contributed by atoms with Gasteiger partial charge in [-0.2, -0.15) is 0 Å². The zero-order valence-electron chi connectivity index (χ0n) is 12.3. The highest BCUT2D eigenvalue weighted by molar-refractivity contribution is 5.18. The second-order valence-electron chi connectivity index (χ2n) is 4.97. The third kappa shape index (κ3) is 5.31. The molecule has 1 aromatic rings. The number of rotatable bonds is 9. The van der Waals surface area contributed by atoms with Crippen molar-refractivity contribution >= 4 is 0 Å². The number of aliphatic hydroxyl groups excluding tert-OH is 1. The number of hydrogen-bond donors (Lipinski definition) is 2. The third-order valence-electron chi connectivity index (χ3n) is 3.70. The lowest BCUT2D eigenvalue weighted by Gasteiger charge is -2.24. The summed E-state index contributed by atoms with van der Waals surface area (Å²) < 4.78 is 5.26. The third-order valence-corrected chi connectivity index (χ3v) is 3.70. The summed E-state index contributed by atoms with van der Waals surface area (Å²) in [7, 11) is 1.70. The van der Waals surface area contributed by atoms with Crippen LogP contribution in [0, 0.1) is 5.92 Å². The molecule has 0 amide bonds. The Labute approximate surface area is 117 Å². The van der Waals surface area contributed by atoms with Crippen molar-refractivity contribution in [2.24, 2.45) is 5.92 Å². The minimum Gasteiger partial charge on any atom is -0.392 e. The Morgan fingerprint density at radius 2 is 1.79 bits per heavy atom. The lowest BCUT2D eigenvalue weighted by atomic mass is 9.96. The number of ether oxygens (including phenoxy) is 1. The smallest absolute Gasteiger partial charge is 0.0692 e. The van der Waals surface area contributed by atoms with E-state index in [9.17, 15) is 5.11 Å². The number of methoxy groups -OCH3 is 1. The van der Waals surface area contributed by atoms with E-state index in [0.717, 1.165) is 12.8 Å². The Balaban J connectivity index is 2.55. The van der Waals surface area contributed by atoms with Gasteiger partial charge in [0.2, 0.25) is 0 Å². The average Bonchev–Trinajstić information content (AvgIpc) is 2.45. The highest BCUT2D eigenvalue weighted by atomic mass is 16.5. The zero-order valence-corrected chi connectivity index (χ0v) is 12.3. The molecule has 19 heavy (non-hydrogen) atoms. The van der Waals surface area contributed by atoms with Crippen LogP contribution in [0.2, 0.25) is 0 Å². The van der Waals surface area contributed by atoms with E-state index >= 15 is 0 Å².